The lowest BCUT2D eigenvalue weighted by molar-refractivity contribution is 0.215. The molecule has 1 aliphatic heterocycles. The van der Waals surface area contributed by atoms with Gasteiger partial charge in [0, 0.05) is 57.8 Å². The average molecular weight is 288 g/mol. The van der Waals surface area contributed by atoms with Gasteiger partial charge in [0.2, 0.25) is 0 Å². The molecule has 7 nitrogen and oxygen atoms in total. The lowest BCUT2D eigenvalue weighted by atomic mass is 10.3. The van der Waals surface area contributed by atoms with Gasteiger partial charge in [-0.25, -0.2) is 15.0 Å². The van der Waals surface area contributed by atoms with Crippen LogP contribution in [0.25, 0.3) is 5.82 Å². The number of rotatable bonds is 5. The molecule has 1 N–H and O–H groups in total. The standard InChI is InChI=1S/C14H20N6O/c21-9-1-3-18-5-7-19(8-6-18)13-10-14(17-11-16-13)20-4-2-15-12-20/h2,4,10-12,21H,1,3,5-9H2. The van der Waals surface area contributed by atoms with Crippen LogP contribution in [0.3, 0.4) is 0 Å². The predicted molar refractivity (Wildman–Crippen MR) is 79.5 cm³/mol. The summed E-state index contributed by atoms with van der Waals surface area (Å²) in [5.41, 5.74) is 0. The van der Waals surface area contributed by atoms with E-state index in [9.17, 15) is 0 Å². The normalized spacial score (nSPS) is 16.3. The Morgan fingerprint density at radius 2 is 1.90 bits per heavy atom. The third-order valence-corrected chi connectivity index (χ3v) is 3.74. The first-order chi connectivity index (χ1) is 10.4. The second-order valence-electron chi connectivity index (χ2n) is 5.11. The molecule has 0 bridgehead atoms. The number of aliphatic hydroxyl groups excluding tert-OH is 1. The summed E-state index contributed by atoms with van der Waals surface area (Å²) in [5.74, 6) is 1.79. The number of aliphatic hydroxyl groups is 1. The van der Waals surface area contributed by atoms with E-state index >= 15 is 0 Å². The van der Waals surface area contributed by atoms with Gasteiger partial charge in [-0.05, 0) is 6.42 Å². The van der Waals surface area contributed by atoms with Gasteiger partial charge in [0.05, 0.1) is 0 Å². The van der Waals surface area contributed by atoms with E-state index in [1.807, 2.05) is 16.8 Å². The first-order valence-electron chi connectivity index (χ1n) is 7.25. The van der Waals surface area contributed by atoms with Crippen molar-refractivity contribution in [2.45, 2.75) is 6.42 Å². The molecule has 21 heavy (non-hydrogen) atoms. The molecule has 0 aromatic carbocycles. The molecule has 0 amide bonds. The van der Waals surface area contributed by atoms with Crippen LogP contribution < -0.4 is 4.90 Å². The molecule has 3 heterocycles. The van der Waals surface area contributed by atoms with Gasteiger partial charge >= 0.3 is 0 Å². The fourth-order valence-electron chi connectivity index (χ4n) is 2.54. The van der Waals surface area contributed by atoms with Gasteiger partial charge in [-0.1, -0.05) is 0 Å². The lowest BCUT2D eigenvalue weighted by Gasteiger charge is -2.35. The molecule has 0 unspecified atom stereocenters. The molecule has 0 spiro atoms. The smallest absolute Gasteiger partial charge is 0.143 e. The van der Waals surface area contributed by atoms with Gasteiger partial charge in [0.1, 0.15) is 24.3 Å². The van der Waals surface area contributed by atoms with Crippen LogP contribution >= 0.6 is 0 Å². The van der Waals surface area contributed by atoms with Gasteiger partial charge in [-0.15, -0.1) is 0 Å². The summed E-state index contributed by atoms with van der Waals surface area (Å²) < 4.78 is 1.88. The molecule has 3 rings (SSSR count). The maximum atomic E-state index is 8.89. The highest BCUT2D eigenvalue weighted by Gasteiger charge is 2.18. The highest BCUT2D eigenvalue weighted by molar-refractivity contribution is 5.43. The highest BCUT2D eigenvalue weighted by Crippen LogP contribution is 2.15. The largest absolute Gasteiger partial charge is 0.396 e. The Bertz CT molecular complexity index is 550. The Balaban J connectivity index is 1.64. The topological polar surface area (TPSA) is 70.3 Å². The Morgan fingerprint density at radius 3 is 2.62 bits per heavy atom. The molecule has 0 aliphatic carbocycles. The fourth-order valence-corrected chi connectivity index (χ4v) is 2.54. The Hall–Kier alpha value is -1.99. The third kappa shape index (κ3) is 3.37. The first kappa shape index (κ1) is 14.0. The van der Waals surface area contributed by atoms with Crippen molar-refractivity contribution in [3.8, 4) is 5.82 Å². The SMILES string of the molecule is OCCCN1CCN(c2cc(-n3ccnc3)ncn2)CC1. The number of nitrogens with zero attached hydrogens (tertiary/aromatic N) is 6. The summed E-state index contributed by atoms with van der Waals surface area (Å²) in [6.45, 7) is 5.14. The maximum Gasteiger partial charge on any atom is 0.143 e. The van der Waals surface area contributed by atoms with Crippen LogP contribution in [0.1, 0.15) is 6.42 Å². The molecule has 2 aromatic heterocycles. The van der Waals surface area contributed by atoms with Crippen LogP contribution in [0.15, 0.2) is 31.1 Å². The molecule has 1 fully saturated rings. The molecule has 0 saturated carbocycles. The van der Waals surface area contributed by atoms with Gasteiger partial charge in [-0.3, -0.25) is 9.47 Å². The Kier molecular flexibility index (Phi) is 4.42. The molecule has 0 radical (unpaired) electrons. The van der Waals surface area contributed by atoms with Crippen LogP contribution in [-0.2, 0) is 0 Å². The van der Waals surface area contributed by atoms with Crippen molar-refractivity contribution < 1.29 is 5.11 Å². The van der Waals surface area contributed by atoms with E-state index < -0.39 is 0 Å². The average Bonchev–Trinajstić information content (AvgIpc) is 3.08. The van der Waals surface area contributed by atoms with Crippen LogP contribution in [0, 0.1) is 0 Å². The lowest BCUT2D eigenvalue weighted by Crippen LogP contribution is -2.47. The third-order valence-electron chi connectivity index (χ3n) is 3.74. The van der Waals surface area contributed by atoms with Crippen molar-refractivity contribution in [1.29, 1.82) is 0 Å². The van der Waals surface area contributed by atoms with Crippen molar-refractivity contribution >= 4 is 5.82 Å². The number of imidazole rings is 1. The molecular formula is C14H20N6O. The monoisotopic (exact) mass is 288 g/mol. The fraction of sp³-hybridized carbons (Fsp3) is 0.500. The zero-order valence-corrected chi connectivity index (χ0v) is 12.0. The van der Waals surface area contributed by atoms with E-state index in [0.29, 0.717) is 0 Å². The number of aromatic nitrogens is 4. The number of hydrogen-bond donors (Lipinski definition) is 1. The minimum atomic E-state index is 0.264. The predicted octanol–water partition coefficient (Wildman–Crippen LogP) is 0.167. The molecule has 1 aliphatic rings. The van der Waals surface area contributed by atoms with Crippen molar-refractivity contribution in [1.82, 2.24) is 24.4 Å². The second-order valence-corrected chi connectivity index (χ2v) is 5.11. The zero-order chi connectivity index (χ0) is 14.5. The number of hydrogen-bond acceptors (Lipinski definition) is 6. The first-order valence-corrected chi connectivity index (χ1v) is 7.25. The minimum absolute atomic E-state index is 0.264. The van der Waals surface area contributed by atoms with Crippen molar-refractivity contribution in [2.24, 2.45) is 0 Å². The van der Waals surface area contributed by atoms with Gasteiger partial charge in [0.15, 0.2) is 0 Å². The van der Waals surface area contributed by atoms with Crippen LogP contribution in [0.5, 0.6) is 0 Å². The minimum Gasteiger partial charge on any atom is -0.396 e. The van der Waals surface area contributed by atoms with Crippen LogP contribution in [-0.4, -0.2) is 68.9 Å². The number of anilines is 1. The van der Waals surface area contributed by atoms with E-state index in [1.54, 1.807) is 18.9 Å². The van der Waals surface area contributed by atoms with Gasteiger partial charge in [0.25, 0.3) is 0 Å². The van der Waals surface area contributed by atoms with E-state index in [2.05, 4.69) is 24.8 Å². The van der Waals surface area contributed by atoms with E-state index in [-0.39, 0.29) is 6.61 Å². The second kappa shape index (κ2) is 6.64. The van der Waals surface area contributed by atoms with E-state index in [4.69, 9.17) is 5.11 Å². The van der Waals surface area contributed by atoms with Gasteiger partial charge in [-0.2, -0.15) is 0 Å². The Labute approximate surface area is 123 Å². The molecule has 7 heteroatoms. The summed E-state index contributed by atoms with van der Waals surface area (Å²) in [5, 5.41) is 8.89. The van der Waals surface area contributed by atoms with E-state index in [0.717, 1.165) is 50.8 Å². The number of piperazine rings is 1. The van der Waals surface area contributed by atoms with Crippen molar-refractivity contribution in [3.05, 3.63) is 31.1 Å². The van der Waals surface area contributed by atoms with Crippen LogP contribution in [0.4, 0.5) is 5.82 Å². The van der Waals surface area contributed by atoms with Crippen molar-refractivity contribution in [3.63, 3.8) is 0 Å². The highest BCUT2D eigenvalue weighted by atomic mass is 16.3. The molecular weight excluding hydrogens is 268 g/mol. The molecule has 2 aromatic rings. The Morgan fingerprint density at radius 1 is 1.10 bits per heavy atom. The summed E-state index contributed by atoms with van der Waals surface area (Å²) in [6.07, 6.45) is 7.79. The molecule has 1 saturated heterocycles. The summed E-state index contributed by atoms with van der Waals surface area (Å²) >= 11 is 0. The quantitative estimate of drug-likeness (QED) is 0.845. The summed E-state index contributed by atoms with van der Waals surface area (Å²) in [4.78, 5) is 17.4. The summed E-state index contributed by atoms with van der Waals surface area (Å²) in [6, 6.07) is 1.99. The maximum absolute atomic E-state index is 8.89. The zero-order valence-electron chi connectivity index (χ0n) is 12.0. The molecule has 0 atom stereocenters. The van der Waals surface area contributed by atoms with Crippen molar-refractivity contribution in [2.75, 3.05) is 44.2 Å². The van der Waals surface area contributed by atoms with Crippen LogP contribution in [0.2, 0.25) is 0 Å². The summed E-state index contributed by atoms with van der Waals surface area (Å²) in [7, 11) is 0. The van der Waals surface area contributed by atoms with Gasteiger partial charge < -0.3 is 10.0 Å². The van der Waals surface area contributed by atoms with E-state index in [1.165, 1.54) is 0 Å². The molecule has 112 valence electrons.